The molecule has 0 saturated carbocycles. The highest BCUT2D eigenvalue weighted by atomic mass is 35.5. The molecular weight excluding hydrogens is 366 g/mol. The number of rotatable bonds is 5. The second-order valence-electron chi connectivity index (χ2n) is 6.95. The molecule has 4 aromatic rings. The summed E-state index contributed by atoms with van der Waals surface area (Å²) in [5, 5.41) is 0.725. The van der Waals surface area contributed by atoms with Gasteiger partial charge < -0.3 is 4.84 Å². The van der Waals surface area contributed by atoms with E-state index in [0.29, 0.717) is 6.61 Å². The Labute approximate surface area is 170 Å². The fourth-order valence-electron chi connectivity index (χ4n) is 3.32. The number of nitrogens with zero attached hydrogens (tertiary/aromatic N) is 1. The van der Waals surface area contributed by atoms with Crippen LogP contribution < -0.4 is 4.84 Å². The molecule has 0 atom stereocenters. The fraction of sp³-hybridized carbons (Fsp3) is 0.120. The molecule has 0 aliphatic heterocycles. The van der Waals surface area contributed by atoms with Crippen molar-refractivity contribution in [2.24, 2.45) is 0 Å². The molecule has 0 aliphatic rings. The zero-order valence-electron chi connectivity index (χ0n) is 16.0. The molecule has 140 valence electrons. The second-order valence-corrected chi connectivity index (χ2v) is 7.39. The summed E-state index contributed by atoms with van der Waals surface area (Å²) in [7, 11) is 0. The molecule has 0 saturated heterocycles. The first-order valence-corrected chi connectivity index (χ1v) is 9.72. The molecule has 4 rings (SSSR count). The molecule has 0 unspecified atom stereocenters. The smallest absolute Gasteiger partial charge is 0.140 e. The Morgan fingerprint density at radius 2 is 1.43 bits per heavy atom. The van der Waals surface area contributed by atoms with Gasteiger partial charge >= 0.3 is 0 Å². The number of aromatic nitrogens is 1. The van der Waals surface area contributed by atoms with Crippen molar-refractivity contribution in [3.8, 4) is 22.4 Å². The summed E-state index contributed by atoms with van der Waals surface area (Å²) in [6, 6.07) is 28.9. The third kappa shape index (κ3) is 3.83. The molecule has 28 heavy (non-hydrogen) atoms. The van der Waals surface area contributed by atoms with Gasteiger partial charge in [0.2, 0.25) is 0 Å². The van der Waals surface area contributed by atoms with E-state index in [1.165, 1.54) is 11.1 Å². The molecule has 0 bridgehead atoms. The largest absolute Gasteiger partial charge is 0.409 e. The van der Waals surface area contributed by atoms with E-state index in [1.54, 1.807) is 0 Å². The first kappa shape index (κ1) is 18.4. The zero-order valence-corrected chi connectivity index (χ0v) is 16.8. The van der Waals surface area contributed by atoms with Crippen LogP contribution in [-0.4, -0.2) is 4.73 Å². The minimum absolute atomic E-state index is 0.504. The molecule has 1 aromatic heterocycles. The van der Waals surface area contributed by atoms with E-state index in [0.717, 1.165) is 33.1 Å². The van der Waals surface area contributed by atoms with Crippen LogP contribution in [0.4, 0.5) is 0 Å². The second kappa shape index (κ2) is 7.95. The van der Waals surface area contributed by atoms with Crippen LogP contribution in [0.1, 0.15) is 16.8 Å². The van der Waals surface area contributed by atoms with Crippen molar-refractivity contribution >= 4 is 11.6 Å². The molecular formula is C25H22ClNO. The van der Waals surface area contributed by atoms with Gasteiger partial charge in [0.15, 0.2) is 0 Å². The number of hydrogen-bond acceptors (Lipinski definition) is 1. The third-order valence-electron chi connectivity index (χ3n) is 4.90. The summed E-state index contributed by atoms with van der Waals surface area (Å²) in [5.74, 6) is 0. The van der Waals surface area contributed by atoms with Crippen molar-refractivity contribution in [2.75, 3.05) is 0 Å². The molecule has 3 heteroatoms. The number of benzene rings is 3. The first-order valence-electron chi connectivity index (χ1n) is 9.34. The third-order valence-corrected chi connectivity index (χ3v) is 5.15. The van der Waals surface area contributed by atoms with Crippen LogP contribution in [0, 0.1) is 13.8 Å². The molecule has 0 amide bonds. The van der Waals surface area contributed by atoms with Gasteiger partial charge in [-0.2, -0.15) is 4.73 Å². The summed E-state index contributed by atoms with van der Waals surface area (Å²) in [4.78, 5) is 6.25. The Hall–Kier alpha value is -2.97. The van der Waals surface area contributed by atoms with Crippen LogP contribution in [0.15, 0.2) is 84.9 Å². The Balaban J connectivity index is 1.77. The van der Waals surface area contributed by atoms with E-state index in [1.807, 2.05) is 47.2 Å². The lowest BCUT2D eigenvalue weighted by Crippen LogP contribution is -2.14. The van der Waals surface area contributed by atoms with Crippen molar-refractivity contribution in [2.45, 2.75) is 20.5 Å². The topological polar surface area (TPSA) is 14.2 Å². The van der Waals surface area contributed by atoms with E-state index < -0.39 is 0 Å². The van der Waals surface area contributed by atoms with Gasteiger partial charge in [-0.1, -0.05) is 83.9 Å². The normalized spacial score (nSPS) is 10.8. The summed E-state index contributed by atoms with van der Waals surface area (Å²) >= 11 is 6.09. The Morgan fingerprint density at radius 3 is 2.11 bits per heavy atom. The molecule has 0 N–H and O–H groups in total. The Kier molecular flexibility index (Phi) is 5.23. The van der Waals surface area contributed by atoms with Crippen LogP contribution in [0.25, 0.3) is 22.4 Å². The molecule has 3 aromatic carbocycles. The Bertz CT molecular complexity index is 1060. The van der Waals surface area contributed by atoms with Crippen molar-refractivity contribution < 1.29 is 4.84 Å². The molecule has 1 heterocycles. The van der Waals surface area contributed by atoms with Crippen LogP contribution >= 0.6 is 11.6 Å². The molecule has 0 radical (unpaired) electrons. The fourth-order valence-corrected chi connectivity index (χ4v) is 3.44. The van der Waals surface area contributed by atoms with Gasteiger partial charge in [0.25, 0.3) is 0 Å². The maximum absolute atomic E-state index is 6.25. The van der Waals surface area contributed by atoms with E-state index in [9.17, 15) is 0 Å². The summed E-state index contributed by atoms with van der Waals surface area (Å²) in [5.41, 5.74) is 7.89. The van der Waals surface area contributed by atoms with Crippen molar-refractivity contribution in [1.29, 1.82) is 0 Å². The van der Waals surface area contributed by atoms with Crippen LogP contribution in [0.5, 0.6) is 0 Å². The number of aryl methyl sites for hydroxylation is 1. The van der Waals surface area contributed by atoms with Crippen molar-refractivity contribution in [1.82, 2.24) is 4.73 Å². The molecule has 0 aliphatic carbocycles. The summed E-state index contributed by atoms with van der Waals surface area (Å²) in [6.45, 7) is 4.70. The summed E-state index contributed by atoms with van der Waals surface area (Å²) < 4.78 is 1.94. The van der Waals surface area contributed by atoms with Crippen molar-refractivity contribution in [3.05, 3.63) is 107 Å². The van der Waals surface area contributed by atoms with Gasteiger partial charge in [-0.15, -0.1) is 0 Å². The average molecular weight is 388 g/mol. The Morgan fingerprint density at radius 1 is 0.786 bits per heavy atom. The lowest BCUT2D eigenvalue weighted by molar-refractivity contribution is 0.0975. The zero-order chi connectivity index (χ0) is 19.5. The minimum Gasteiger partial charge on any atom is -0.409 e. The van der Waals surface area contributed by atoms with Crippen LogP contribution in [-0.2, 0) is 6.61 Å². The molecule has 0 spiro atoms. The van der Waals surface area contributed by atoms with Crippen LogP contribution in [0.2, 0.25) is 5.02 Å². The van der Waals surface area contributed by atoms with E-state index >= 15 is 0 Å². The van der Waals surface area contributed by atoms with Crippen LogP contribution in [0.3, 0.4) is 0 Å². The predicted molar refractivity (Wildman–Crippen MR) is 117 cm³/mol. The maximum Gasteiger partial charge on any atom is 0.140 e. The maximum atomic E-state index is 6.25. The van der Waals surface area contributed by atoms with Gasteiger partial charge in [-0.05, 0) is 43.2 Å². The standard InChI is InChI=1S/C25H22ClNO/c1-18-8-10-21(11-9-18)24-16-25(22-12-14-23(26)15-13-22)27(19(24)2)28-17-20-6-4-3-5-7-20/h3-16H,17H2,1-2H3. The van der Waals surface area contributed by atoms with Gasteiger partial charge in [-0.25, -0.2) is 0 Å². The van der Waals surface area contributed by atoms with Gasteiger partial charge in [-0.3, -0.25) is 0 Å². The van der Waals surface area contributed by atoms with Gasteiger partial charge in [0.1, 0.15) is 6.61 Å². The van der Waals surface area contributed by atoms with E-state index in [4.69, 9.17) is 16.4 Å². The summed E-state index contributed by atoms with van der Waals surface area (Å²) in [6.07, 6.45) is 0. The molecule has 2 nitrogen and oxygen atoms in total. The highest BCUT2D eigenvalue weighted by molar-refractivity contribution is 6.30. The lowest BCUT2D eigenvalue weighted by Gasteiger charge is -2.14. The first-order chi connectivity index (χ1) is 13.6. The monoisotopic (exact) mass is 387 g/mol. The quantitative estimate of drug-likeness (QED) is 0.370. The highest BCUT2D eigenvalue weighted by Gasteiger charge is 2.16. The van der Waals surface area contributed by atoms with Crippen molar-refractivity contribution in [3.63, 3.8) is 0 Å². The van der Waals surface area contributed by atoms with E-state index in [2.05, 4.69) is 56.3 Å². The van der Waals surface area contributed by atoms with Gasteiger partial charge in [0, 0.05) is 16.1 Å². The highest BCUT2D eigenvalue weighted by Crippen LogP contribution is 2.32. The number of hydrogen-bond donors (Lipinski definition) is 0. The predicted octanol–water partition coefficient (Wildman–Crippen LogP) is 6.72. The lowest BCUT2D eigenvalue weighted by atomic mass is 10.0. The SMILES string of the molecule is Cc1ccc(-c2cc(-c3ccc(Cl)cc3)n(OCc3ccccc3)c2C)cc1. The minimum atomic E-state index is 0.504. The average Bonchev–Trinajstić information content (AvgIpc) is 3.05. The number of halogens is 1. The van der Waals surface area contributed by atoms with Gasteiger partial charge in [0.05, 0.1) is 11.4 Å². The molecule has 0 fully saturated rings. The van der Waals surface area contributed by atoms with E-state index in [-0.39, 0.29) is 0 Å².